The number of halogens is 1. The number of benzene rings is 1. The van der Waals surface area contributed by atoms with E-state index in [1.807, 2.05) is 0 Å². The van der Waals surface area contributed by atoms with Gasteiger partial charge in [0.2, 0.25) is 16.9 Å². The zero-order valence-electron chi connectivity index (χ0n) is 13.5. The quantitative estimate of drug-likeness (QED) is 0.492. The zero-order chi connectivity index (χ0) is 17.9. The number of H-pyrrole nitrogens is 1. The summed E-state index contributed by atoms with van der Waals surface area (Å²) in [5.74, 6) is 3.06. The Balaban J connectivity index is 1.47. The van der Waals surface area contributed by atoms with Crippen molar-refractivity contribution >= 4 is 23.4 Å². The van der Waals surface area contributed by atoms with Crippen molar-refractivity contribution in [3.05, 3.63) is 47.5 Å². The number of nitrogens with one attached hydrogen (secondary N) is 1. The summed E-state index contributed by atoms with van der Waals surface area (Å²) in [7, 11) is 1.59. The number of methoxy groups -OCH3 is 1. The van der Waals surface area contributed by atoms with E-state index in [4.69, 9.17) is 25.3 Å². The van der Waals surface area contributed by atoms with Crippen LogP contribution < -0.4 is 4.74 Å². The van der Waals surface area contributed by atoms with Crippen LogP contribution in [0, 0.1) is 0 Å². The van der Waals surface area contributed by atoms with Crippen LogP contribution in [0.25, 0.3) is 23.0 Å². The molecule has 8 nitrogen and oxygen atoms in total. The molecule has 0 unspecified atom stereocenters. The fourth-order valence-corrected chi connectivity index (χ4v) is 3.05. The minimum absolute atomic E-state index is 0.407. The van der Waals surface area contributed by atoms with E-state index in [2.05, 4.69) is 25.3 Å². The molecular formula is C16H12ClN5O3S. The molecule has 3 aromatic heterocycles. The molecule has 132 valence electrons. The molecular weight excluding hydrogens is 378 g/mol. The second kappa shape index (κ2) is 7.22. The Labute approximate surface area is 156 Å². The molecule has 0 spiro atoms. The lowest BCUT2D eigenvalue weighted by Gasteiger charge is -2.05. The summed E-state index contributed by atoms with van der Waals surface area (Å²) in [6.45, 7) is 0. The van der Waals surface area contributed by atoms with Crippen molar-refractivity contribution in [3.63, 3.8) is 0 Å². The van der Waals surface area contributed by atoms with Gasteiger partial charge in [-0.3, -0.25) is 5.10 Å². The topological polar surface area (TPSA) is 103 Å². The van der Waals surface area contributed by atoms with E-state index < -0.39 is 0 Å². The standard InChI is InChI=1S/C16H12ClN5O3S/c1-23-11-5-4-9(17)7-10(11)14-19-16(21-20-14)26-8-13-18-15(22-25-13)12-3-2-6-24-12/h2-7H,8H2,1H3,(H,19,20,21). The first kappa shape index (κ1) is 16.7. The molecule has 3 heterocycles. The lowest BCUT2D eigenvalue weighted by molar-refractivity contribution is 0.390. The van der Waals surface area contributed by atoms with Crippen LogP contribution in [0.5, 0.6) is 5.75 Å². The maximum absolute atomic E-state index is 6.06. The van der Waals surface area contributed by atoms with Gasteiger partial charge in [-0.2, -0.15) is 4.98 Å². The minimum Gasteiger partial charge on any atom is -0.496 e. The predicted molar refractivity (Wildman–Crippen MR) is 94.9 cm³/mol. The van der Waals surface area contributed by atoms with Gasteiger partial charge in [0, 0.05) is 5.02 Å². The summed E-state index contributed by atoms with van der Waals surface area (Å²) in [6, 6.07) is 8.83. The molecule has 4 aromatic rings. The van der Waals surface area contributed by atoms with Crippen molar-refractivity contribution in [1.29, 1.82) is 0 Å². The highest BCUT2D eigenvalue weighted by atomic mass is 35.5. The molecule has 0 bridgehead atoms. The van der Waals surface area contributed by atoms with Crippen molar-refractivity contribution in [2.24, 2.45) is 0 Å². The van der Waals surface area contributed by atoms with Gasteiger partial charge in [0.1, 0.15) is 5.75 Å². The van der Waals surface area contributed by atoms with Crippen molar-refractivity contribution in [1.82, 2.24) is 25.3 Å². The Bertz CT molecular complexity index is 1010. The molecule has 0 saturated heterocycles. The Hall–Kier alpha value is -2.78. The minimum atomic E-state index is 0.407. The SMILES string of the molecule is COc1ccc(Cl)cc1-c1nc(SCc2nc(-c3ccco3)no2)n[nH]1. The smallest absolute Gasteiger partial charge is 0.238 e. The molecule has 1 N–H and O–H groups in total. The van der Waals surface area contributed by atoms with Crippen LogP contribution in [0.15, 0.2) is 50.7 Å². The fourth-order valence-electron chi connectivity index (χ4n) is 2.24. The monoisotopic (exact) mass is 389 g/mol. The molecule has 0 amide bonds. The average Bonchev–Trinajstić information content (AvgIpc) is 3.40. The maximum Gasteiger partial charge on any atom is 0.238 e. The lowest BCUT2D eigenvalue weighted by Crippen LogP contribution is -1.89. The van der Waals surface area contributed by atoms with E-state index in [0.29, 0.717) is 45.0 Å². The molecule has 0 aliphatic carbocycles. The highest BCUT2D eigenvalue weighted by Crippen LogP contribution is 2.31. The van der Waals surface area contributed by atoms with Gasteiger partial charge < -0.3 is 13.7 Å². The van der Waals surface area contributed by atoms with Gasteiger partial charge in [-0.05, 0) is 30.3 Å². The molecule has 10 heteroatoms. The van der Waals surface area contributed by atoms with Crippen molar-refractivity contribution in [2.45, 2.75) is 10.9 Å². The molecule has 0 aliphatic rings. The van der Waals surface area contributed by atoms with E-state index >= 15 is 0 Å². The highest BCUT2D eigenvalue weighted by molar-refractivity contribution is 7.98. The van der Waals surface area contributed by atoms with Gasteiger partial charge in [0.25, 0.3) is 0 Å². The van der Waals surface area contributed by atoms with E-state index in [0.717, 1.165) is 5.56 Å². The van der Waals surface area contributed by atoms with Gasteiger partial charge in [0.05, 0.1) is 24.7 Å². The summed E-state index contributed by atoms with van der Waals surface area (Å²) in [4.78, 5) is 8.73. The first-order valence-electron chi connectivity index (χ1n) is 7.48. The number of nitrogens with zero attached hydrogens (tertiary/aromatic N) is 4. The average molecular weight is 390 g/mol. The Morgan fingerprint density at radius 2 is 2.19 bits per heavy atom. The molecule has 0 saturated carbocycles. The first-order valence-corrected chi connectivity index (χ1v) is 8.85. The normalized spacial score (nSPS) is 11.0. The van der Waals surface area contributed by atoms with Gasteiger partial charge in [-0.25, -0.2) is 4.98 Å². The number of hydrogen-bond acceptors (Lipinski definition) is 8. The van der Waals surface area contributed by atoms with Crippen LogP contribution >= 0.6 is 23.4 Å². The van der Waals surface area contributed by atoms with Crippen LogP contribution in [0.1, 0.15) is 5.89 Å². The maximum atomic E-state index is 6.06. The number of aromatic amines is 1. The third kappa shape index (κ3) is 3.44. The summed E-state index contributed by atoms with van der Waals surface area (Å²) >= 11 is 7.42. The molecule has 0 radical (unpaired) electrons. The van der Waals surface area contributed by atoms with Crippen LogP contribution in [-0.2, 0) is 5.75 Å². The number of thioether (sulfide) groups is 1. The van der Waals surface area contributed by atoms with Crippen molar-refractivity contribution < 1.29 is 13.7 Å². The highest BCUT2D eigenvalue weighted by Gasteiger charge is 2.15. The lowest BCUT2D eigenvalue weighted by atomic mass is 10.2. The Morgan fingerprint density at radius 1 is 1.27 bits per heavy atom. The number of hydrogen-bond donors (Lipinski definition) is 1. The molecule has 0 fully saturated rings. The summed E-state index contributed by atoms with van der Waals surface area (Å²) in [5.41, 5.74) is 0.734. The predicted octanol–water partition coefficient (Wildman–Crippen LogP) is 4.07. The summed E-state index contributed by atoms with van der Waals surface area (Å²) in [5, 5.41) is 12.1. The Morgan fingerprint density at radius 3 is 3.00 bits per heavy atom. The third-order valence-corrected chi connectivity index (χ3v) is 4.48. The summed E-state index contributed by atoms with van der Waals surface area (Å²) < 4.78 is 15.8. The second-order valence-corrected chi connectivity index (χ2v) is 6.47. The zero-order valence-corrected chi connectivity index (χ0v) is 15.0. The van der Waals surface area contributed by atoms with E-state index in [1.165, 1.54) is 11.8 Å². The number of ether oxygens (including phenoxy) is 1. The van der Waals surface area contributed by atoms with Gasteiger partial charge in [-0.1, -0.05) is 28.5 Å². The molecule has 0 atom stereocenters. The van der Waals surface area contributed by atoms with E-state index in [1.54, 1.807) is 43.7 Å². The number of rotatable bonds is 6. The van der Waals surface area contributed by atoms with Gasteiger partial charge in [-0.15, -0.1) is 5.10 Å². The Kier molecular flexibility index (Phi) is 4.63. The van der Waals surface area contributed by atoms with Crippen molar-refractivity contribution in [3.8, 4) is 28.7 Å². The largest absolute Gasteiger partial charge is 0.496 e. The summed E-state index contributed by atoms with van der Waals surface area (Å²) in [6.07, 6.45) is 1.55. The van der Waals surface area contributed by atoms with Gasteiger partial charge >= 0.3 is 0 Å². The molecule has 4 rings (SSSR count). The molecule has 1 aromatic carbocycles. The number of aromatic nitrogens is 5. The fraction of sp³-hybridized carbons (Fsp3) is 0.125. The van der Waals surface area contributed by atoms with E-state index in [-0.39, 0.29) is 0 Å². The molecule has 0 aliphatic heterocycles. The van der Waals surface area contributed by atoms with E-state index in [9.17, 15) is 0 Å². The third-order valence-electron chi connectivity index (χ3n) is 3.42. The number of furan rings is 1. The van der Waals surface area contributed by atoms with Gasteiger partial charge in [0.15, 0.2) is 11.6 Å². The second-order valence-electron chi connectivity index (χ2n) is 5.09. The van der Waals surface area contributed by atoms with Crippen molar-refractivity contribution in [2.75, 3.05) is 7.11 Å². The molecule has 26 heavy (non-hydrogen) atoms. The van der Waals surface area contributed by atoms with Crippen LogP contribution in [0.4, 0.5) is 0 Å². The first-order chi connectivity index (χ1) is 12.7. The van der Waals surface area contributed by atoms with Crippen LogP contribution in [0.3, 0.4) is 0 Å². The van der Waals surface area contributed by atoms with Crippen LogP contribution in [0.2, 0.25) is 5.02 Å². The van der Waals surface area contributed by atoms with Crippen LogP contribution in [-0.4, -0.2) is 32.4 Å².